The Morgan fingerprint density at radius 3 is 1.96 bits per heavy atom. The monoisotopic (exact) mass is 643 g/mol. The van der Waals surface area contributed by atoms with Crippen LogP contribution in [0.25, 0.3) is 44.6 Å². The third-order valence-electron chi connectivity index (χ3n) is 9.31. The van der Waals surface area contributed by atoms with Crippen molar-refractivity contribution in [1.82, 2.24) is 14.9 Å². The number of hydrogen-bond donors (Lipinski definition) is 1. The van der Waals surface area contributed by atoms with Gasteiger partial charge in [-0.3, -0.25) is 9.56 Å². The summed E-state index contributed by atoms with van der Waals surface area (Å²) in [5.74, 6) is 0.921. The first-order valence-electron chi connectivity index (χ1n) is 16.9. The molecule has 9 rings (SSSR count). The van der Waals surface area contributed by atoms with Crippen molar-refractivity contribution in [3.05, 3.63) is 193 Å². The molecule has 5 nitrogen and oxygen atoms in total. The maximum absolute atomic E-state index is 5.02. The van der Waals surface area contributed by atoms with Crippen molar-refractivity contribution in [3.8, 4) is 17.1 Å². The molecule has 0 saturated carbocycles. The van der Waals surface area contributed by atoms with E-state index >= 15 is 0 Å². The summed E-state index contributed by atoms with van der Waals surface area (Å²) in [6.07, 6.45) is 1.94. The van der Waals surface area contributed by atoms with Gasteiger partial charge in [-0.2, -0.15) is 0 Å². The minimum Gasteiger partial charge on any atom is -0.378 e. The standard InChI is InChI=1S/C45H33N5/c1-3-14-36(15-4-1)49(43-21-11-13-32-12-7-8-18-39(32)43)38-28-26-34(27-29-38)42-31-46-41(30-47-42)33-22-24-35(25-23-33)45-48-40-19-9-10-20-44(40)50(45)37-16-5-2-6-17-37/h1-29,31,47H,30H2. The first-order valence-corrected chi connectivity index (χ1v) is 16.9. The number of hydrogen-bond acceptors (Lipinski definition) is 4. The van der Waals surface area contributed by atoms with Gasteiger partial charge in [0, 0.05) is 28.0 Å². The molecule has 0 bridgehead atoms. The Labute approximate surface area is 291 Å². The summed E-state index contributed by atoms with van der Waals surface area (Å²) in [5, 5.41) is 6.04. The number of imidazole rings is 1. The van der Waals surface area contributed by atoms with Crippen LogP contribution in [0.4, 0.5) is 17.1 Å². The molecule has 7 aromatic carbocycles. The molecule has 1 aliphatic rings. The van der Waals surface area contributed by atoms with Crippen molar-refractivity contribution in [1.29, 1.82) is 0 Å². The van der Waals surface area contributed by atoms with Crippen molar-refractivity contribution in [2.45, 2.75) is 0 Å². The first kappa shape index (κ1) is 29.4. The van der Waals surface area contributed by atoms with Gasteiger partial charge in [-0.05, 0) is 71.1 Å². The lowest BCUT2D eigenvalue weighted by atomic mass is 10.0. The van der Waals surface area contributed by atoms with E-state index in [0.29, 0.717) is 6.54 Å². The number of fused-ring (bicyclic) bond motifs is 2. The van der Waals surface area contributed by atoms with E-state index in [-0.39, 0.29) is 0 Å². The number of aliphatic imine (C=N–C) groups is 1. The molecule has 1 N–H and O–H groups in total. The van der Waals surface area contributed by atoms with Crippen molar-refractivity contribution >= 4 is 50.3 Å². The molecule has 5 heteroatoms. The van der Waals surface area contributed by atoms with Gasteiger partial charge in [0.05, 0.1) is 40.9 Å². The fourth-order valence-electron chi connectivity index (χ4n) is 6.83. The van der Waals surface area contributed by atoms with Gasteiger partial charge in [-0.15, -0.1) is 0 Å². The van der Waals surface area contributed by atoms with Gasteiger partial charge >= 0.3 is 0 Å². The number of nitrogens with zero attached hydrogens (tertiary/aromatic N) is 4. The van der Waals surface area contributed by atoms with Crippen molar-refractivity contribution in [2.75, 3.05) is 11.4 Å². The predicted molar refractivity (Wildman–Crippen MR) is 208 cm³/mol. The highest BCUT2D eigenvalue weighted by Gasteiger charge is 2.18. The lowest BCUT2D eigenvalue weighted by Gasteiger charge is -2.27. The number of anilines is 3. The highest BCUT2D eigenvalue weighted by Crippen LogP contribution is 2.39. The highest BCUT2D eigenvalue weighted by molar-refractivity contribution is 6.04. The molecule has 0 amide bonds. The Hall–Kier alpha value is -6.72. The summed E-state index contributed by atoms with van der Waals surface area (Å²) < 4.78 is 2.23. The highest BCUT2D eigenvalue weighted by atomic mass is 15.1. The number of aromatic nitrogens is 2. The third kappa shape index (κ3) is 5.41. The summed E-state index contributed by atoms with van der Waals surface area (Å²) in [6, 6.07) is 61.6. The zero-order valence-electron chi connectivity index (χ0n) is 27.3. The molecule has 2 heterocycles. The van der Waals surface area contributed by atoms with Gasteiger partial charge in [0.2, 0.25) is 0 Å². The third-order valence-corrected chi connectivity index (χ3v) is 9.31. The van der Waals surface area contributed by atoms with Crippen LogP contribution in [0.2, 0.25) is 0 Å². The zero-order chi connectivity index (χ0) is 33.3. The Bertz CT molecular complexity index is 2510. The van der Waals surface area contributed by atoms with Crippen molar-refractivity contribution in [2.24, 2.45) is 4.99 Å². The van der Waals surface area contributed by atoms with Gasteiger partial charge in [0.1, 0.15) is 5.82 Å². The van der Waals surface area contributed by atoms with E-state index in [1.165, 1.54) is 10.8 Å². The molecule has 0 atom stereocenters. The van der Waals surface area contributed by atoms with E-state index in [0.717, 1.165) is 67.7 Å². The van der Waals surface area contributed by atoms with Gasteiger partial charge in [0.15, 0.2) is 0 Å². The summed E-state index contributed by atoms with van der Waals surface area (Å²) in [7, 11) is 0. The molecule has 0 spiro atoms. The second kappa shape index (κ2) is 12.7. The molecule has 8 aromatic rings. The first-order chi connectivity index (χ1) is 24.8. The van der Waals surface area contributed by atoms with Crippen LogP contribution in [0.1, 0.15) is 11.1 Å². The van der Waals surface area contributed by atoms with Crippen LogP contribution in [-0.4, -0.2) is 21.8 Å². The number of para-hydroxylation sites is 4. The van der Waals surface area contributed by atoms with Crippen LogP contribution >= 0.6 is 0 Å². The Kier molecular flexibility index (Phi) is 7.48. The van der Waals surface area contributed by atoms with Crippen LogP contribution in [0.5, 0.6) is 0 Å². The second-order valence-electron chi connectivity index (χ2n) is 12.4. The smallest absolute Gasteiger partial charge is 0.145 e. The Morgan fingerprint density at radius 2 is 1.18 bits per heavy atom. The van der Waals surface area contributed by atoms with E-state index in [1.54, 1.807) is 0 Å². The van der Waals surface area contributed by atoms with E-state index in [4.69, 9.17) is 9.98 Å². The van der Waals surface area contributed by atoms with Crippen molar-refractivity contribution < 1.29 is 0 Å². The maximum atomic E-state index is 5.02. The number of rotatable bonds is 7. The number of benzene rings is 7. The fraction of sp³-hybridized carbons (Fsp3) is 0.0222. The molecule has 0 saturated heterocycles. The summed E-state index contributed by atoms with van der Waals surface area (Å²) >= 11 is 0. The molecule has 0 aliphatic carbocycles. The molecule has 238 valence electrons. The van der Waals surface area contributed by atoms with Gasteiger partial charge in [-0.1, -0.05) is 121 Å². The quantitative estimate of drug-likeness (QED) is 0.188. The minimum absolute atomic E-state index is 0.640. The molecule has 1 aromatic heterocycles. The van der Waals surface area contributed by atoms with E-state index < -0.39 is 0 Å². The largest absolute Gasteiger partial charge is 0.378 e. The minimum atomic E-state index is 0.640. The summed E-state index contributed by atoms with van der Waals surface area (Å²) in [6.45, 7) is 0.640. The normalized spacial score (nSPS) is 12.7. The second-order valence-corrected chi connectivity index (χ2v) is 12.4. The van der Waals surface area contributed by atoms with E-state index in [1.807, 2.05) is 18.3 Å². The summed E-state index contributed by atoms with van der Waals surface area (Å²) in [4.78, 5) is 12.2. The maximum Gasteiger partial charge on any atom is 0.145 e. The van der Waals surface area contributed by atoms with Crippen LogP contribution in [-0.2, 0) is 0 Å². The Balaban J connectivity index is 0.992. The topological polar surface area (TPSA) is 45.5 Å². The van der Waals surface area contributed by atoms with Crippen LogP contribution < -0.4 is 10.2 Å². The number of nitrogens with one attached hydrogen (secondary N) is 1. The molecular weight excluding hydrogens is 611 g/mol. The molecular formula is C45H33N5. The lowest BCUT2D eigenvalue weighted by Crippen LogP contribution is -2.25. The molecule has 50 heavy (non-hydrogen) atoms. The Morgan fingerprint density at radius 1 is 0.540 bits per heavy atom. The molecule has 1 aliphatic heterocycles. The van der Waals surface area contributed by atoms with Gasteiger partial charge < -0.3 is 10.2 Å². The summed E-state index contributed by atoms with van der Waals surface area (Å²) in [5.41, 5.74) is 11.8. The van der Waals surface area contributed by atoms with Crippen LogP contribution in [0.3, 0.4) is 0 Å². The van der Waals surface area contributed by atoms with Crippen LogP contribution in [0, 0.1) is 0 Å². The fourth-order valence-corrected chi connectivity index (χ4v) is 6.83. The van der Waals surface area contributed by atoms with E-state index in [9.17, 15) is 0 Å². The molecule has 0 fully saturated rings. The SMILES string of the molecule is C1=C(c2ccc(N(c3ccccc3)c3cccc4ccccc34)cc2)NCC(c2ccc(-c3nc4ccccc4n3-c3ccccc3)cc2)=N1. The molecule has 0 unspecified atom stereocenters. The van der Waals surface area contributed by atoms with Gasteiger partial charge in [0.25, 0.3) is 0 Å². The van der Waals surface area contributed by atoms with Gasteiger partial charge in [-0.25, -0.2) is 4.98 Å². The lowest BCUT2D eigenvalue weighted by molar-refractivity contribution is 1.01. The zero-order valence-corrected chi connectivity index (χ0v) is 27.3. The van der Waals surface area contributed by atoms with Crippen molar-refractivity contribution in [3.63, 3.8) is 0 Å². The average Bonchev–Trinajstić information content (AvgIpc) is 3.59. The van der Waals surface area contributed by atoms with E-state index in [2.05, 4.69) is 179 Å². The molecule has 0 radical (unpaired) electrons. The van der Waals surface area contributed by atoms with Crippen LogP contribution in [0.15, 0.2) is 187 Å². The predicted octanol–water partition coefficient (Wildman–Crippen LogP) is 10.7. The average molecular weight is 644 g/mol.